The predicted octanol–water partition coefficient (Wildman–Crippen LogP) is 3.23. The van der Waals surface area contributed by atoms with Crippen LogP contribution in [0.2, 0.25) is 0 Å². The molecule has 0 bridgehead atoms. The van der Waals surface area contributed by atoms with Gasteiger partial charge in [0.05, 0.1) is 10.5 Å². The first-order valence-electron chi connectivity index (χ1n) is 5.68. The van der Waals surface area contributed by atoms with Crippen LogP contribution >= 0.6 is 0 Å². The molecule has 0 fully saturated rings. The Labute approximate surface area is 110 Å². The lowest BCUT2D eigenvalue weighted by Gasteiger charge is -2.07. The lowest BCUT2D eigenvalue weighted by atomic mass is 9.96. The molecule has 19 heavy (non-hydrogen) atoms. The molecule has 0 saturated carbocycles. The third-order valence-corrected chi connectivity index (χ3v) is 2.71. The number of nitro benzene ring substituents is 1. The molecule has 0 aromatic heterocycles. The van der Waals surface area contributed by atoms with Crippen molar-refractivity contribution in [2.45, 2.75) is 0 Å². The average Bonchev–Trinajstić information content (AvgIpc) is 2.45. The van der Waals surface area contributed by atoms with Gasteiger partial charge in [0.25, 0.3) is 5.69 Å². The Balaban J connectivity index is 2.62. The maximum absolute atomic E-state index is 11.1. The van der Waals surface area contributed by atoms with Crippen LogP contribution in [0.5, 0.6) is 0 Å². The molecule has 4 nitrogen and oxygen atoms in total. The van der Waals surface area contributed by atoms with Gasteiger partial charge in [-0.2, -0.15) is 0 Å². The van der Waals surface area contributed by atoms with E-state index in [0.717, 1.165) is 5.56 Å². The molecular weight excluding hydrogens is 242 g/mol. The number of hydrogen-bond donors (Lipinski definition) is 0. The predicted molar refractivity (Wildman–Crippen MR) is 72.7 cm³/mol. The Kier molecular flexibility index (Phi) is 3.83. The van der Waals surface area contributed by atoms with E-state index in [4.69, 9.17) is 0 Å². The minimum absolute atomic E-state index is 0.0144. The highest BCUT2D eigenvalue weighted by molar-refractivity contribution is 5.92. The zero-order valence-corrected chi connectivity index (χ0v) is 10.0. The molecule has 0 aliphatic carbocycles. The Morgan fingerprint density at radius 2 is 1.63 bits per heavy atom. The van der Waals surface area contributed by atoms with Crippen LogP contribution in [-0.4, -0.2) is 11.2 Å². The molecule has 2 rings (SSSR count). The zero-order chi connectivity index (χ0) is 13.7. The Morgan fingerprint density at radius 1 is 1.00 bits per heavy atom. The van der Waals surface area contributed by atoms with Crippen molar-refractivity contribution in [3.63, 3.8) is 0 Å². The molecule has 0 saturated heterocycles. The fourth-order valence-corrected chi connectivity index (χ4v) is 1.89. The van der Waals surface area contributed by atoms with Gasteiger partial charge in [0, 0.05) is 6.07 Å². The summed E-state index contributed by atoms with van der Waals surface area (Å²) in [5.74, 6) is 0. The van der Waals surface area contributed by atoms with Gasteiger partial charge in [-0.05, 0) is 23.3 Å². The number of rotatable bonds is 4. The van der Waals surface area contributed by atoms with Gasteiger partial charge in [-0.25, -0.2) is 0 Å². The van der Waals surface area contributed by atoms with E-state index in [2.05, 4.69) is 0 Å². The molecule has 2 aromatic rings. The smallest absolute Gasteiger partial charge is 0.277 e. The van der Waals surface area contributed by atoms with Crippen molar-refractivity contribution >= 4 is 17.5 Å². The maximum atomic E-state index is 11.1. The lowest BCUT2D eigenvalue weighted by Crippen LogP contribution is -1.96. The van der Waals surface area contributed by atoms with E-state index in [0.29, 0.717) is 17.4 Å². The van der Waals surface area contributed by atoms with Gasteiger partial charge in [-0.3, -0.25) is 14.9 Å². The fraction of sp³-hybridized carbons (Fsp3) is 0. The van der Waals surface area contributed by atoms with Gasteiger partial charge in [-0.15, -0.1) is 0 Å². The van der Waals surface area contributed by atoms with E-state index in [1.54, 1.807) is 18.2 Å². The van der Waals surface area contributed by atoms with E-state index in [1.807, 2.05) is 30.3 Å². The highest BCUT2D eigenvalue weighted by Gasteiger charge is 2.16. The molecule has 0 aliphatic heterocycles. The number of para-hydroxylation sites is 1. The zero-order valence-electron chi connectivity index (χ0n) is 10.0. The van der Waals surface area contributed by atoms with Crippen LogP contribution in [-0.2, 0) is 4.79 Å². The minimum Gasteiger partial charge on any atom is -0.299 e. The summed E-state index contributed by atoms with van der Waals surface area (Å²) in [6.07, 6.45) is 1.98. The normalized spacial score (nSPS) is 11.1. The molecule has 0 aliphatic rings. The van der Waals surface area contributed by atoms with Crippen molar-refractivity contribution in [1.82, 2.24) is 0 Å². The summed E-state index contributed by atoms with van der Waals surface area (Å²) >= 11 is 0. The number of aldehydes is 1. The monoisotopic (exact) mass is 253 g/mol. The summed E-state index contributed by atoms with van der Waals surface area (Å²) in [4.78, 5) is 21.4. The number of nitro groups is 1. The Bertz CT molecular complexity index is 633. The number of benzene rings is 2. The SMILES string of the molecule is O=C/C=C(/c1ccccc1)c1ccccc1[N+](=O)[O-]. The second-order valence-corrected chi connectivity index (χ2v) is 3.86. The molecule has 94 valence electrons. The molecule has 0 amide bonds. The molecule has 2 aromatic carbocycles. The third kappa shape index (κ3) is 2.74. The number of nitrogens with zero attached hydrogens (tertiary/aromatic N) is 1. The van der Waals surface area contributed by atoms with Gasteiger partial charge >= 0.3 is 0 Å². The first kappa shape index (κ1) is 12.7. The fourth-order valence-electron chi connectivity index (χ4n) is 1.89. The number of allylic oxidation sites excluding steroid dienone is 1. The second-order valence-electron chi connectivity index (χ2n) is 3.86. The van der Waals surface area contributed by atoms with Crippen LogP contribution in [0.15, 0.2) is 60.7 Å². The Morgan fingerprint density at radius 3 is 2.26 bits per heavy atom. The standard InChI is InChI=1S/C15H11NO3/c17-11-10-13(12-6-2-1-3-7-12)14-8-4-5-9-15(14)16(18)19/h1-11H/b13-10-. The van der Waals surface area contributed by atoms with Crippen molar-refractivity contribution in [2.75, 3.05) is 0 Å². The molecule has 4 heteroatoms. The summed E-state index contributed by atoms with van der Waals surface area (Å²) in [6, 6.07) is 15.5. The maximum Gasteiger partial charge on any atom is 0.277 e. The summed E-state index contributed by atoms with van der Waals surface area (Å²) < 4.78 is 0. The molecule has 0 N–H and O–H groups in total. The van der Waals surface area contributed by atoms with Gasteiger partial charge in [0.15, 0.2) is 0 Å². The largest absolute Gasteiger partial charge is 0.299 e. The highest BCUT2D eigenvalue weighted by Crippen LogP contribution is 2.30. The van der Waals surface area contributed by atoms with E-state index in [1.165, 1.54) is 12.1 Å². The van der Waals surface area contributed by atoms with Crippen LogP contribution in [0, 0.1) is 10.1 Å². The summed E-state index contributed by atoms with van der Waals surface area (Å²) in [7, 11) is 0. The second kappa shape index (κ2) is 5.73. The first-order chi connectivity index (χ1) is 9.24. The highest BCUT2D eigenvalue weighted by atomic mass is 16.6. The Hall–Kier alpha value is -2.75. The topological polar surface area (TPSA) is 60.2 Å². The van der Waals surface area contributed by atoms with E-state index < -0.39 is 4.92 Å². The molecule has 0 heterocycles. The number of carbonyl (C=O) groups excluding carboxylic acids is 1. The van der Waals surface area contributed by atoms with E-state index >= 15 is 0 Å². The van der Waals surface area contributed by atoms with Crippen LogP contribution in [0.25, 0.3) is 5.57 Å². The van der Waals surface area contributed by atoms with E-state index in [-0.39, 0.29) is 5.69 Å². The molecular formula is C15H11NO3. The minimum atomic E-state index is -0.448. The summed E-state index contributed by atoms with van der Waals surface area (Å²) in [5, 5.41) is 11.1. The lowest BCUT2D eigenvalue weighted by molar-refractivity contribution is -0.385. The molecule has 0 radical (unpaired) electrons. The van der Waals surface area contributed by atoms with Gasteiger partial charge in [-0.1, -0.05) is 42.5 Å². The molecule has 0 spiro atoms. The van der Waals surface area contributed by atoms with Gasteiger partial charge in [0.2, 0.25) is 0 Å². The van der Waals surface area contributed by atoms with Crippen molar-refractivity contribution in [3.8, 4) is 0 Å². The average molecular weight is 253 g/mol. The molecule has 0 atom stereocenters. The number of carbonyl (C=O) groups is 1. The van der Waals surface area contributed by atoms with E-state index in [9.17, 15) is 14.9 Å². The van der Waals surface area contributed by atoms with Crippen molar-refractivity contribution in [1.29, 1.82) is 0 Å². The summed E-state index contributed by atoms with van der Waals surface area (Å²) in [5.41, 5.74) is 1.73. The first-order valence-corrected chi connectivity index (χ1v) is 5.68. The van der Waals surface area contributed by atoms with Crippen molar-refractivity contribution < 1.29 is 9.72 Å². The van der Waals surface area contributed by atoms with Crippen molar-refractivity contribution in [3.05, 3.63) is 81.9 Å². The number of hydrogen-bond acceptors (Lipinski definition) is 3. The summed E-state index contributed by atoms with van der Waals surface area (Å²) in [6.45, 7) is 0. The van der Waals surface area contributed by atoms with Gasteiger partial charge in [0.1, 0.15) is 6.29 Å². The van der Waals surface area contributed by atoms with Crippen LogP contribution < -0.4 is 0 Å². The molecule has 0 unspecified atom stereocenters. The van der Waals surface area contributed by atoms with Crippen molar-refractivity contribution in [2.24, 2.45) is 0 Å². The van der Waals surface area contributed by atoms with Crippen LogP contribution in [0.1, 0.15) is 11.1 Å². The van der Waals surface area contributed by atoms with Gasteiger partial charge < -0.3 is 0 Å². The van der Waals surface area contributed by atoms with Crippen LogP contribution in [0.3, 0.4) is 0 Å². The quantitative estimate of drug-likeness (QED) is 0.364. The third-order valence-electron chi connectivity index (χ3n) is 2.71. The van der Waals surface area contributed by atoms with Crippen LogP contribution in [0.4, 0.5) is 5.69 Å².